The maximum Gasteiger partial charge on any atom is 0.326 e. The Balaban J connectivity index is 2.10. The molecular weight excluding hydrogens is 236 g/mol. The Morgan fingerprint density at radius 1 is 1.33 bits per heavy atom. The van der Waals surface area contributed by atoms with Crippen molar-refractivity contribution in [3.05, 3.63) is 0 Å². The number of hydrogen-bond acceptors (Lipinski definition) is 3. The van der Waals surface area contributed by atoms with Gasteiger partial charge in [0.05, 0.1) is 6.10 Å². The van der Waals surface area contributed by atoms with Crippen LogP contribution in [0.1, 0.15) is 32.6 Å². The number of aliphatic carboxylic acids is 1. The van der Waals surface area contributed by atoms with E-state index in [-0.39, 0.29) is 25.0 Å². The van der Waals surface area contributed by atoms with Crippen LogP contribution in [0.3, 0.4) is 0 Å². The predicted molar refractivity (Wildman–Crippen MR) is 64.2 cm³/mol. The van der Waals surface area contributed by atoms with Gasteiger partial charge in [0.25, 0.3) is 0 Å². The second kappa shape index (κ2) is 5.14. The fraction of sp³-hybridized carbons (Fsp3) is 0.833. The average molecular weight is 256 g/mol. The Kier molecular flexibility index (Phi) is 3.75. The molecule has 6 nitrogen and oxygen atoms in total. The minimum atomic E-state index is -1.04. The van der Waals surface area contributed by atoms with Gasteiger partial charge >= 0.3 is 12.0 Å². The van der Waals surface area contributed by atoms with E-state index in [9.17, 15) is 14.7 Å². The molecule has 2 heterocycles. The molecule has 0 aromatic heterocycles. The van der Waals surface area contributed by atoms with Crippen molar-refractivity contribution < 1.29 is 19.8 Å². The van der Waals surface area contributed by atoms with Crippen molar-refractivity contribution in [2.75, 3.05) is 13.1 Å². The highest BCUT2D eigenvalue weighted by Crippen LogP contribution is 2.25. The summed E-state index contributed by atoms with van der Waals surface area (Å²) in [5, 5.41) is 18.7. The fourth-order valence-electron chi connectivity index (χ4n) is 2.94. The van der Waals surface area contributed by atoms with Crippen molar-refractivity contribution in [3.63, 3.8) is 0 Å². The van der Waals surface area contributed by atoms with E-state index in [0.29, 0.717) is 6.54 Å². The van der Waals surface area contributed by atoms with Crippen LogP contribution in [0.5, 0.6) is 0 Å². The molecule has 2 N–H and O–H groups in total. The Morgan fingerprint density at radius 2 is 2.06 bits per heavy atom. The van der Waals surface area contributed by atoms with Crippen molar-refractivity contribution in [1.29, 1.82) is 0 Å². The summed E-state index contributed by atoms with van der Waals surface area (Å²) in [6.07, 6.45) is 2.25. The van der Waals surface area contributed by atoms with Crippen LogP contribution in [0.4, 0.5) is 4.79 Å². The first kappa shape index (κ1) is 13.1. The minimum absolute atomic E-state index is 0.128. The van der Waals surface area contributed by atoms with Gasteiger partial charge in [-0.15, -0.1) is 0 Å². The molecule has 0 radical (unpaired) electrons. The lowest BCUT2D eigenvalue weighted by molar-refractivity contribution is -0.141. The lowest BCUT2D eigenvalue weighted by Crippen LogP contribution is -2.49. The van der Waals surface area contributed by atoms with E-state index in [1.807, 2.05) is 6.92 Å². The molecular formula is C12H20N2O4. The van der Waals surface area contributed by atoms with E-state index in [1.165, 1.54) is 4.90 Å². The molecule has 1 unspecified atom stereocenters. The van der Waals surface area contributed by atoms with Crippen LogP contribution in [-0.4, -0.2) is 63.3 Å². The zero-order valence-electron chi connectivity index (χ0n) is 10.6. The maximum atomic E-state index is 12.4. The number of β-amino-alcohol motifs (C(OH)–C–C–N with tert-alkyl or cyclic N) is 1. The van der Waals surface area contributed by atoms with E-state index in [1.54, 1.807) is 4.90 Å². The minimum Gasteiger partial charge on any atom is -0.480 e. The number of nitrogens with zero attached hydrogens (tertiary/aromatic N) is 2. The smallest absolute Gasteiger partial charge is 0.326 e. The first-order chi connectivity index (χ1) is 8.54. The van der Waals surface area contributed by atoms with Crippen LogP contribution in [0.25, 0.3) is 0 Å². The number of aliphatic hydroxyl groups excluding tert-OH is 1. The van der Waals surface area contributed by atoms with Crippen LogP contribution >= 0.6 is 0 Å². The van der Waals surface area contributed by atoms with Crippen molar-refractivity contribution >= 4 is 12.0 Å². The summed E-state index contributed by atoms with van der Waals surface area (Å²) < 4.78 is 0. The molecule has 2 fully saturated rings. The number of carbonyl (C=O) groups excluding carboxylic acids is 1. The molecule has 18 heavy (non-hydrogen) atoms. The van der Waals surface area contributed by atoms with Gasteiger partial charge in [-0.3, -0.25) is 0 Å². The largest absolute Gasteiger partial charge is 0.480 e. The lowest BCUT2D eigenvalue weighted by Gasteiger charge is -2.31. The molecule has 0 aromatic rings. The Labute approximate surface area is 106 Å². The summed E-state index contributed by atoms with van der Waals surface area (Å²) in [5.41, 5.74) is 0. The molecule has 2 aliphatic rings. The molecule has 2 aliphatic heterocycles. The van der Waals surface area contributed by atoms with Gasteiger partial charge in [0.1, 0.15) is 6.04 Å². The highest BCUT2D eigenvalue weighted by atomic mass is 16.4. The van der Waals surface area contributed by atoms with Gasteiger partial charge in [0.2, 0.25) is 0 Å². The third-order valence-corrected chi connectivity index (χ3v) is 3.90. The first-order valence-electron chi connectivity index (χ1n) is 6.52. The monoisotopic (exact) mass is 256 g/mol. The summed E-state index contributed by atoms with van der Waals surface area (Å²) >= 11 is 0. The number of hydrogen-bond donors (Lipinski definition) is 2. The SMILES string of the molecule is CCC1CCCN1C(=O)N1C[C@H](O)C[C@H]1C(=O)O. The second-order valence-electron chi connectivity index (χ2n) is 5.08. The van der Waals surface area contributed by atoms with Crippen LogP contribution < -0.4 is 0 Å². The van der Waals surface area contributed by atoms with Crippen LogP contribution in [0.2, 0.25) is 0 Å². The summed E-state index contributed by atoms with van der Waals surface area (Å²) in [6.45, 7) is 2.85. The molecule has 2 amide bonds. The average Bonchev–Trinajstić information content (AvgIpc) is 2.93. The number of aliphatic hydroxyl groups is 1. The van der Waals surface area contributed by atoms with Crippen molar-refractivity contribution in [2.24, 2.45) is 0 Å². The molecule has 102 valence electrons. The molecule has 6 heteroatoms. The Hall–Kier alpha value is -1.30. The topological polar surface area (TPSA) is 81.1 Å². The maximum absolute atomic E-state index is 12.4. The summed E-state index contributed by atoms with van der Waals surface area (Å²) in [7, 11) is 0. The molecule has 2 rings (SSSR count). The molecule has 2 saturated heterocycles. The number of carboxylic acid groups (broad SMARTS) is 1. The van der Waals surface area contributed by atoms with E-state index in [2.05, 4.69) is 0 Å². The number of likely N-dealkylation sites (tertiary alicyclic amines) is 2. The highest BCUT2D eigenvalue weighted by Gasteiger charge is 2.42. The zero-order chi connectivity index (χ0) is 13.3. The van der Waals surface area contributed by atoms with E-state index in [0.717, 1.165) is 19.3 Å². The third-order valence-electron chi connectivity index (χ3n) is 3.90. The lowest BCUT2D eigenvalue weighted by atomic mass is 10.2. The summed E-state index contributed by atoms with van der Waals surface area (Å²) in [5.74, 6) is -1.04. The highest BCUT2D eigenvalue weighted by molar-refractivity contribution is 5.83. The second-order valence-corrected chi connectivity index (χ2v) is 5.08. The molecule has 0 aliphatic carbocycles. The number of rotatable bonds is 2. The molecule has 0 saturated carbocycles. The normalized spacial score (nSPS) is 32.0. The number of carboxylic acids is 1. The van der Waals surface area contributed by atoms with E-state index in [4.69, 9.17) is 5.11 Å². The van der Waals surface area contributed by atoms with Gasteiger partial charge in [0.15, 0.2) is 0 Å². The molecule has 0 spiro atoms. The van der Waals surface area contributed by atoms with Gasteiger partial charge in [-0.2, -0.15) is 0 Å². The molecule has 0 bridgehead atoms. The molecule has 0 aromatic carbocycles. The number of urea groups is 1. The van der Waals surface area contributed by atoms with Crippen molar-refractivity contribution in [3.8, 4) is 0 Å². The number of carbonyl (C=O) groups is 2. The van der Waals surface area contributed by atoms with Crippen molar-refractivity contribution in [2.45, 2.75) is 50.8 Å². The van der Waals surface area contributed by atoms with Gasteiger partial charge in [-0.25, -0.2) is 9.59 Å². The predicted octanol–water partition coefficient (Wildman–Crippen LogP) is 0.501. The summed E-state index contributed by atoms with van der Waals surface area (Å²) in [4.78, 5) is 26.5. The summed E-state index contributed by atoms with van der Waals surface area (Å²) in [6, 6.07) is -0.904. The first-order valence-corrected chi connectivity index (χ1v) is 6.52. The van der Waals surface area contributed by atoms with Crippen LogP contribution in [0.15, 0.2) is 0 Å². The van der Waals surface area contributed by atoms with Gasteiger partial charge in [-0.05, 0) is 19.3 Å². The van der Waals surface area contributed by atoms with Crippen LogP contribution in [-0.2, 0) is 4.79 Å². The van der Waals surface area contributed by atoms with E-state index < -0.39 is 18.1 Å². The van der Waals surface area contributed by atoms with Crippen LogP contribution in [0, 0.1) is 0 Å². The van der Waals surface area contributed by atoms with Gasteiger partial charge in [0, 0.05) is 25.6 Å². The Morgan fingerprint density at radius 3 is 2.67 bits per heavy atom. The zero-order valence-corrected chi connectivity index (χ0v) is 10.6. The van der Waals surface area contributed by atoms with Gasteiger partial charge in [-0.1, -0.05) is 6.92 Å². The van der Waals surface area contributed by atoms with E-state index >= 15 is 0 Å². The Bertz CT molecular complexity index is 347. The third kappa shape index (κ3) is 2.29. The standard InChI is InChI=1S/C12H20N2O4/c1-2-8-4-3-5-13(8)12(18)14-7-9(15)6-10(14)11(16)17/h8-10,15H,2-7H2,1H3,(H,16,17)/t8?,9-,10+/m1/s1. The quantitative estimate of drug-likeness (QED) is 0.754. The van der Waals surface area contributed by atoms with Crippen molar-refractivity contribution in [1.82, 2.24) is 9.80 Å². The van der Waals surface area contributed by atoms with Gasteiger partial charge < -0.3 is 20.0 Å². The number of amides is 2. The molecule has 3 atom stereocenters. The fourth-order valence-corrected chi connectivity index (χ4v) is 2.94.